The number of alkyl halides is 12. The van der Waals surface area contributed by atoms with Gasteiger partial charge in [-0.25, -0.2) is 0 Å². The predicted octanol–water partition coefficient (Wildman–Crippen LogP) is 8.99. The second-order valence-corrected chi connectivity index (χ2v) is 16.0. The summed E-state index contributed by atoms with van der Waals surface area (Å²) in [6.07, 6.45) is -18.6. The lowest BCUT2D eigenvalue weighted by atomic mass is 9.13. The standard InChI is InChI=1S/C28H16BF12.C9H12NO3S/c30-25(31,32)17-1-9-21(10-2-17)29(22-11-3-18(4-12-22)26(33,34)35,23-13-5-19(6-14-23)27(36,37)38)24-15-7-20(8-16-24)28(39,40)41;1-14(2,13)7-8-3-5-9(6-4-8)10(11)12/h1-16H;3-6H,7H2,1-2H3/q-1;+1. The summed E-state index contributed by atoms with van der Waals surface area (Å²) in [7, 11) is -1.83. The van der Waals surface area contributed by atoms with E-state index in [1.165, 1.54) is 12.1 Å². The molecule has 292 valence electrons. The van der Waals surface area contributed by atoms with Crippen molar-refractivity contribution in [1.82, 2.24) is 0 Å². The van der Waals surface area contributed by atoms with Crippen LogP contribution in [0.25, 0.3) is 0 Å². The molecule has 0 heterocycles. The largest absolute Gasteiger partial charge is 0.416 e. The van der Waals surface area contributed by atoms with Crippen LogP contribution in [-0.4, -0.2) is 23.6 Å². The first-order valence-corrected chi connectivity index (χ1v) is 18.3. The van der Waals surface area contributed by atoms with Crippen LogP contribution in [0.5, 0.6) is 0 Å². The molecule has 0 aliphatic carbocycles. The van der Waals surface area contributed by atoms with Gasteiger partial charge in [0, 0.05) is 17.7 Å². The second-order valence-electron chi connectivity index (χ2n) is 12.8. The van der Waals surface area contributed by atoms with Crippen molar-refractivity contribution < 1.29 is 61.8 Å². The van der Waals surface area contributed by atoms with Gasteiger partial charge in [-0.2, -0.15) is 74.5 Å². The van der Waals surface area contributed by atoms with Crippen molar-refractivity contribution >= 4 is 43.6 Å². The van der Waals surface area contributed by atoms with Gasteiger partial charge in [0.15, 0.2) is 0 Å². The normalized spacial score (nSPS) is 12.8. The summed E-state index contributed by atoms with van der Waals surface area (Å²) in [6.45, 7) is 0. The van der Waals surface area contributed by atoms with Crippen LogP contribution in [0.1, 0.15) is 27.8 Å². The van der Waals surface area contributed by atoms with Gasteiger partial charge in [0.2, 0.25) is 0 Å². The first-order chi connectivity index (χ1) is 25.2. The fraction of sp³-hybridized carbons (Fsp3) is 0.189. The van der Waals surface area contributed by atoms with Gasteiger partial charge in [-0.3, -0.25) is 10.1 Å². The number of benzene rings is 5. The third-order valence-electron chi connectivity index (χ3n) is 8.61. The van der Waals surface area contributed by atoms with E-state index >= 15 is 0 Å². The van der Waals surface area contributed by atoms with Crippen LogP contribution in [0.4, 0.5) is 58.4 Å². The summed E-state index contributed by atoms with van der Waals surface area (Å²) >= 11 is 0. The van der Waals surface area contributed by atoms with Gasteiger partial charge < -0.3 is 0 Å². The smallest absolute Gasteiger partial charge is 0.258 e. The number of hydrogen-bond acceptors (Lipinski definition) is 3. The van der Waals surface area contributed by atoms with Crippen molar-refractivity contribution in [3.05, 3.63) is 159 Å². The summed E-state index contributed by atoms with van der Waals surface area (Å²) < 4.78 is 172. The third kappa shape index (κ3) is 10.3. The number of non-ortho nitro benzene ring substituents is 1. The molecule has 0 aromatic heterocycles. The van der Waals surface area contributed by atoms with Crippen LogP contribution in [0, 0.1) is 10.1 Å². The Kier molecular flexibility index (Phi) is 12.0. The van der Waals surface area contributed by atoms with E-state index in [0.29, 0.717) is 54.3 Å². The molecular formula is C37H28BF12NO3S. The van der Waals surface area contributed by atoms with Crippen molar-refractivity contribution in [2.75, 3.05) is 12.5 Å². The van der Waals surface area contributed by atoms with Gasteiger partial charge in [-0.15, -0.1) is 4.21 Å². The van der Waals surface area contributed by atoms with Crippen LogP contribution in [-0.2, 0) is 44.6 Å². The monoisotopic (exact) mass is 805 g/mol. The molecule has 55 heavy (non-hydrogen) atoms. The first-order valence-electron chi connectivity index (χ1n) is 15.7. The lowest BCUT2D eigenvalue weighted by molar-refractivity contribution is -0.384. The molecule has 4 nitrogen and oxygen atoms in total. The quantitative estimate of drug-likeness (QED) is 0.0543. The van der Waals surface area contributed by atoms with Gasteiger partial charge in [0.05, 0.1) is 37.1 Å². The van der Waals surface area contributed by atoms with Crippen LogP contribution < -0.4 is 21.9 Å². The van der Waals surface area contributed by atoms with E-state index in [9.17, 15) is 67.0 Å². The zero-order valence-electron chi connectivity index (χ0n) is 28.4. The molecule has 0 saturated heterocycles. The number of rotatable bonds is 7. The van der Waals surface area contributed by atoms with Gasteiger partial charge >= 0.3 is 24.7 Å². The molecule has 0 radical (unpaired) electrons. The van der Waals surface area contributed by atoms with E-state index in [2.05, 4.69) is 0 Å². The average Bonchev–Trinajstić information content (AvgIpc) is 3.08. The van der Waals surface area contributed by atoms with Crippen LogP contribution in [0.15, 0.2) is 121 Å². The van der Waals surface area contributed by atoms with E-state index in [1.54, 1.807) is 24.6 Å². The highest BCUT2D eigenvalue weighted by Crippen LogP contribution is 2.32. The molecule has 0 aliphatic heterocycles. The van der Waals surface area contributed by atoms with Crippen LogP contribution >= 0.6 is 0 Å². The number of hydrogen-bond donors (Lipinski definition) is 0. The maximum absolute atomic E-state index is 13.3. The van der Waals surface area contributed by atoms with Crippen molar-refractivity contribution in [2.45, 2.75) is 30.5 Å². The Labute approximate surface area is 307 Å². The fourth-order valence-corrected chi connectivity index (χ4v) is 7.11. The van der Waals surface area contributed by atoms with Crippen molar-refractivity contribution in [2.24, 2.45) is 0 Å². The third-order valence-corrected chi connectivity index (χ3v) is 9.64. The topological polar surface area (TPSA) is 60.2 Å². The van der Waals surface area contributed by atoms with Gasteiger partial charge in [-0.1, -0.05) is 97.1 Å². The van der Waals surface area contributed by atoms with Crippen LogP contribution in [0.2, 0.25) is 0 Å². The van der Waals surface area contributed by atoms with E-state index in [4.69, 9.17) is 0 Å². The minimum absolute atomic E-state index is 0.0114. The summed E-state index contributed by atoms with van der Waals surface area (Å²) in [6, 6.07) is 19.7. The highest BCUT2D eigenvalue weighted by Gasteiger charge is 2.38. The molecule has 0 atom stereocenters. The Hall–Kier alpha value is -5.13. The van der Waals surface area contributed by atoms with E-state index in [1.807, 2.05) is 0 Å². The molecule has 0 saturated carbocycles. The second kappa shape index (κ2) is 15.6. The van der Waals surface area contributed by atoms with Crippen molar-refractivity contribution in [3.8, 4) is 0 Å². The van der Waals surface area contributed by atoms with E-state index in [-0.39, 0.29) is 27.5 Å². The molecule has 0 aliphatic rings. The number of nitrogens with zero attached hydrogens (tertiary/aromatic N) is 1. The van der Waals surface area contributed by atoms with Gasteiger partial charge in [0.25, 0.3) is 5.69 Å². The molecule has 0 fully saturated rings. The van der Waals surface area contributed by atoms with Gasteiger partial charge in [0.1, 0.15) is 24.4 Å². The molecule has 0 spiro atoms. The van der Waals surface area contributed by atoms with Gasteiger partial charge in [-0.05, 0) is 12.1 Å². The molecular weight excluding hydrogens is 777 g/mol. The van der Waals surface area contributed by atoms with Crippen LogP contribution in [0.3, 0.4) is 0 Å². The lowest BCUT2D eigenvalue weighted by Crippen LogP contribution is -2.74. The highest BCUT2D eigenvalue weighted by molar-refractivity contribution is 8.00. The van der Waals surface area contributed by atoms with Crippen molar-refractivity contribution in [3.63, 3.8) is 0 Å². The summed E-state index contributed by atoms with van der Waals surface area (Å²) in [5.74, 6) is 0.463. The predicted molar refractivity (Wildman–Crippen MR) is 187 cm³/mol. The summed E-state index contributed by atoms with van der Waals surface area (Å²) in [5.41, 5.74) is -3.37. The van der Waals surface area contributed by atoms with E-state index in [0.717, 1.165) is 54.1 Å². The van der Waals surface area contributed by atoms with Crippen molar-refractivity contribution in [1.29, 1.82) is 0 Å². The molecule has 5 rings (SSSR count). The SMILES string of the molecule is C[S+](C)(=O)Cc1ccc([N+](=O)[O-])cc1.FC(F)(F)c1ccc([B-](c2ccc(C(F)(F)F)cc2)(c2ccc(C(F)(F)F)cc2)c2ccc(C(F)(F)F)cc2)cc1. The highest BCUT2D eigenvalue weighted by atomic mass is 32.2. The van der Waals surface area contributed by atoms with E-state index < -0.39 is 68.0 Å². The molecule has 5 aromatic rings. The Morgan fingerprint density at radius 2 is 0.709 bits per heavy atom. The molecule has 0 N–H and O–H groups in total. The molecule has 0 amide bonds. The lowest BCUT2D eigenvalue weighted by Gasteiger charge is -2.44. The fourth-order valence-electron chi connectivity index (χ4n) is 6.11. The summed E-state index contributed by atoms with van der Waals surface area (Å²) in [5, 5.41) is 10.3. The number of nitro groups is 1. The molecule has 0 unspecified atom stereocenters. The minimum Gasteiger partial charge on any atom is -0.258 e. The maximum Gasteiger partial charge on any atom is 0.416 e. The molecule has 0 bridgehead atoms. The molecule has 18 heteroatoms. The molecule has 5 aromatic carbocycles. The summed E-state index contributed by atoms with van der Waals surface area (Å²) in [4.78, 5) is 9.90. The Balaban J connectivity index is 0.000000404. The maximum atomic E-state index is 13.3. The average molecular weight is 805 g/mol. The number of halogens is 12. The Morgan fingerprint density at radius 1 is 0.473 bits per heavy atom. The Morgan fingerprint density at radius 3 is 0.891 bits per heavy atom. The Bertz CT molecular complexity index is 1890. The first kappa shape index (κ1) is 42.6. The minimum atomic E-state index is -4.77. The zero-order valence-corrected chi connectivity index (χ0v) is 29.3. The number of nitro benzene ring substituents is 1. The zero-order chi connectivity index (χ0) is 41.2.